The number of nitrogens with one attached hydrogen (secondary N) is 2. The van der Waals surface area contributed by atoms with E-state index in [1.807, 2.05) is 0 Å². The zero-order valence-corrected chi connectivity index (χ0v) is 13.9. The Hall–Kier alpha value is -1.47. The normalized spacial score (nSPS) is 21.2. The third-order valence-corrected chi connectivity index (χ3v) is 4.34. The summed E-state index contributed by atoms with van der Waals surface area (Å²) in [5, 5.41) is 2.58. The first-order chi connectivity index (χ1) is 10.5. The molecule has 0 unspecified atom stereocenters. The van der Waals surface area contributed by atoms with Crippen molar-refractivity contribution < 1.29 is 23.6 Å². The fourth-order valence-corrected chi connectivity index (χ4v) is 2.95. The number of piperidine rings is 1. The van der Waals surface area contributed by atoms with Gasteiger partial charge in [-0.05, 0) is 18.2 Å². The van der Waals surface area contributed by atoms with Crippen LogP contribution < -0.4 is 10.2 Å². The number of carbonyl (C=O) groups excluding carboxylic acids is 2. The monoisotopic (exact) mass is 373 g/mol. The molecular formula is C15H19BrFN2O3+. The molecule has 1 saturated heterocycles. The Bertz CT molecular complexity index is 560. The zero-order valence-electron chi connectivity index (χ0n) is 12.3. The van der Waals surface area contributed by atoms with Gasteiger partial charge in [0.25, 0.3) is 5.91 Å². The highest BCUT2D eigenvalue weighted by molar-refractivity contribution is 9.10. The Labute approximate surface area is 136 Å². The van der Waals surface area contributed by atoms with Crippen LogP contribution >= 0.6 is 15.9 Å². The number of anilines is 1. The molecule has 1 aliphatic rings. The van der Waals surface area contributed by atoms with Gasteiger partial charge in [0.1, 0.15) is 5.82 Å². The molecule has 1 fully saturated rings. The van der Waals surface area contributed by atoms with Crippen LogP contribution in [0.5, 0.6) is 0 Å². The van der Waals surface area contributed by atoms with Gasteiger partial charge in [0.15, 0.2) is 6.54 Å². The largest absolute Gasteiger partial charge is 0.469 e. The molecule has 0 aliphatic carbocycles. The Morgan fingerprint density at radius 3 is 2.68 bits per heavy atom. The first kappa shape index (κ1) is 16.9. The lowest BCUT2D eigenvalue weighted by atomic mass is 9.97. The van der Waals surface area contributed by atoms with E-state index in [9.17, 15) is 14.0 Å². The van der Waals surface area contributed by atoms with Gasteiger partial charge in [0.05, 0.1) is 31.8 Å². The van der Waals surface area contributed by atoms with Gasteiger partial charge in [-0.2, -0.15) is 0 Å². The smallest absolute Gasteiger partial charge is 0.309 e. The number of rotatable bonds is 4. The SMILES string of the molecule is COC(=O)C1CC[NH+](CC(=O)Nc2ccc(Br)cc2F)CC1. The lowest BCUT2D eigenvalue weighted by Gasteiger charge is -2.27. The van der Waals surface area contributed by atoms with Crippen LogP contribution in [0.15, 0.2) is 22.7 Å². The van der Waals surface area contributed by atoms with Crippen molar-refractivity contribution in [1.29, 1.82) is 0 Å². The van der Waals surface area contributed by atoms with Gasteiger partial charge in [0, 0.05) is 17.3 Å². The number of carbonyl (C=O) groups is 2. The van der Waals surface area contributed by atoms with Gasteiger partial charge in [-0.1, -0.05) is 15.9 Å². The van der Waals surface area contributed by atoms with Crippen LogP contribution in [0.4, 0.5) is 10.1 Å². The van der Waals surface area contributed by atoms with Crippen molar-refractivity contribution in [2.24, 2.45) is 5.92 Å². The van der Waals surface area contributed by atoms with Crippen molar-refractivity contribution in [2.45, 2.75) is 12.8 Å². The molecule has 0 radical (unpaired) electrons. The maximum absolute atomic E-state index is 13.7. The van der Waals surface area contributed by atoms with Gasteiger partial charge in [-0.3, -0.25) is 9.59 Å². The molecule has 22 heavy (non-hydrogen) atoms. The highest BCUT2D eigenvalue weighted by Gasteiger charge is 2.29. The van der Waals surface area contributed by atoms with Crippen molar-refractivity contribution >= 4 is 33.5 Å². The highest BCUT2D eigenvalue weighted by Crippen LogP contribution is 2.19. The molecule has 1 heterocycles. The Morgan fingerprint density at radius 2 is 2.09 bits per heavy atom. The predicted molar refractivity (Wildman–Crippen MR) is 83.0 cm³/mol. The van der Waals surface area contributed by atoms with Gasteiger partial charge < -0.3 is 15.0 Å². The molecule has 0 spiro atoms. The summed E-state index contributed by atoms with van der Waals surface area (Å²) in [5.74, 6) is -0.948. The average molecular weight is 374 g/mol. The van der Waals surface area contributed by atoms with E-state index < -0.39 is 5.82 Å². The number of ether oxygens (including phenoxy) is 1. The quantitative estimate of drug-likeness (QED) is 0.773. The second kappa shape index (κ2) is 7.69. The van der Waals surface area contributed by atoms with Crippen molar-refractivity contribution in [2.75, 3.05) is 32.1 Å². The topological polar surface area (TPSA) is 59.8 Å². The number of amides is 1. The molecule has 7 heteroatoms. The summed E-state index contributed by atoms with van der Waals surface area (Å²) in [6, 6.07) is 4.51. The lowest BCUT2D eigenvalue weighted by molar-refractivity contribution is -0.897. The minimum absolute atomic E-state index is 0.0688. The number of esters is 1. The van der Waals surface area contributed by atoms with E-state index in [0.29, 0.717) is 17.3 Å². The van der Waals surface area contributed by atoms with Crippen molar-refractivity contribution in [3.05, 3.63) is 28.5 Å². The van der Waals surface area contributed by atoms with Crippen LogP contribution in [0.25, 0.3) is 0 Å². The Kier molecular flexibility index (Phi) is 5.90. The second-order valence-electron chi connectivity index (χ2n) is 5.40. The van der Waals surface area contributed by atoms with Crippen LogP contribution in [-0.2, 0) is 14.3 Å². The van der Waals surface area contributed by atoms with Crippen LogP contribution in [-0.4, -0.2) is 38.6 Å². The summed E-state index contributed by atoms with van der Waals surface area (Å²) in [4.78, 5) is 24.5. The van der Waals surface area contributed by atoms with E-state index in [0.717, 1.165) is 18.0 Å². The molecule has 1 amide bonds. The summed E-state index contributed by atoms with van der Waals surface area (Å²) in [6.07, 6.45) is 1.42. The van der Waals surface area contributed by atoms with Gasteiger partial charge >= 0.3 is 5.97 Å². The summed E-state index contributed by atoms with van der Waals surface area (Å²) in [7, 11) is 1.39. The van der Waals surface area contributed by atoms with E-state index >= 15 is 0 Å². The number of hydrogen-bond donors (Lipinski definition) is 2. The number of hydrogen-bond acceptors (Lipinski definition) is 3. The molecule has 5 nitrogen and oxygen atoms in total. The lowest BCUT2D eigenvalue weighted by Crippen LogP contribution is -3.14. The molecule has 0 saturated carbocycles. The van der Waals surface area contributed by atoms with Gasteiger partial charge in [0.2, 0.25) is 0 Å². The third-order valence-electron chi connectivity index (χ3n) is 3.84. The van der Waals surface area contributed by atoms with E-state index in [1.54, 1.807) is 6.07 Å². The molecule has 0 aromatic heterocycles. The molecule has 1 aromatic rings. The average Bonchev–Trinajstić information content (AvgIpc) is 2.50. The molecule has 1 aromatic carbocycles. The number of benzene rings is 1. The van der Waals surface area contributed by atoms with Crippen LogP contribution in [0.2, 0.25) is 0 Å². The summed E-state index contributed by atoms with van der Waals surface area (Å²) in [5.41, 5.74) is 0.178. The molecule has 2 rings (SSSR count). The molecule has 0 atom stereocenters. The van der Waals surface area contributed by atoms with Crippen LogP contribution in [0, 0.1) is 11.7 Å². The van der Waals surface area contributed by atoms with Crippen molar-refractivity contribution in [3.8, 4) is 0 Å². The molecule has 2 N–H and O–H groups in total. The zero-order chi connectivity index (χ0) is 16.1. The maximum atomic E-state index is 13.7. The maximum Gasteiger partial charge on any atom is 0.309 e. The molecule has 1 aliphatic heterocycles. The number of likely N-dealkylation sites (tertiary alicyclic amines) is 1. The fourth-order valence-electron chi connectivity index (χ4n) is 2.62. The number of methoxy groups -OCH3 is 1. The Morgan fingerprint density at radius 1 is 1.41 bits per heavy atom. The first-order valence-electron chi connectivity index (χ1n) is 7.16. The molecule has 0 bridgehead atoms. The van der Waals surface area contributed by atoms with E-state index in [-0.39, 0.29) is 30.0 Å². The second-order valence-corrected chi connectivity index (χ2v) is 6.31. The van der Waals surface area contributed by atoms with E-state index in [4.69, 9.17) is 4.74 Å². The van der Waals surface area contributed by atoms with Gasteiger partial charge in [-0.25, -0.2) is 4.39 Å². The minimum Gasteiger partial charge on any atom is -0.469 e. The minimum atomic E-state index is -0.470. The summed E-state index contributed by atoms with van der Waals surface area (Å²) in [6.45, 7) is 1.73. The molecular weight excluding hydrogens is 355 g/mol. The number of halogens is 2. The van der Waals surface area contributed by atoms with E-state index in [2.05, 4.69) is 21.2 Å². The van der Waals surface area contributed by atoms with Gasteiger partial charge in [-0.15, -0.1) is 0 Å². The summed E-state index contributed by atoms with van der Waals surface area (Å²) >= 11 is 3.17. The summed E-state index contributed by atoms with van der Waals surface area (Å²) < 4.78 is 19.0. The fraction of sp³-hybridized carbons (Fsp3) is 0.467. The van der Waals surface area contributed by atoms with Crippen LogP contribution in [0.3, 0.4) is 0 Å². The highest BCUT2D eigenvalue weighted by atomic mass is 79.9. The van der Waals surface area contributed by atoms with E-state index in [1.165, 1.54) is 19.2 Å². The van der Waals surface area contributed by atoms with Crippen LogP contribution in [0.1, 0.15) is 12.8 Å². The molecule has 120 valence electrons. The number of quaternary nitrogens is 1. The van der Waals surface area contributed by atoms with Crippen molar-refractivity contribution in [3.63, 3.8) is 0 Å². The third kappa shape index (κ3) is 4.51. The van der Waals surface area contributed by atoms with Crippen molar-refractivity contribution in [1.82, 2.24) is 0 Å². The first-order valence-corrected chi connectivity index (χ1v) is 7.95. The predicted octanol–water partition coefficient (Wildman–Crippen LogP) is 0.995. The Balaban J connectivity index is 1.82. The standard InChI is InChI=1S/C15H18BrFN2O3/c1-22-15(21)10-4-6-19(7-5-10)9-14(20)18-13-3-2-11(16)8-12(13)17/h2-3,8,10H,4-7,9H2,1H3,(H,18,20)/p+1.